The molecule has 1 rings (SSSR count). The molecule has 0 aromatic carbocycles. The van der Waals surface area contributed by atoms with Gasteiger partial charge in [0.1, 0.15) is 0 Å². The normalized spacial score (nSPS) is 18.6. The molecule has 1 aliphatic carbocycles. The van der Waals surface area contributed by atoms with E-state index in [1.165, 1.54) is 32.1 Å². The molecule has 0 heterocycles. The third-order valence-electron chi connectivity index (χ3n) is 3.80. The summed E-state index contributed by atoms with van der Waals surface area (Å²) in [6.45, 7) is 4.21. The van der Waals surface area contributed by atoms with E-state index in [0.29, 0.717) is 25.6 Å². The van der Waals surface area contributed by atoms with Crippen molar-refractivity contribution in [3.63, 3.8) is 0 Å². The zero-order chi connectivity index (χ0) is 13.2. The zero-order valence-corrected chi connectivity index (χ0v) is 11.8. The lowest BCUT2D eigenvalue weighted by Gasteiger charge is -2.28. The summed E-state index contributed by atoms with van der Waals surface area (Å²) in [5, 5.41) is 6.31. The lowest BCUT2D eigenvalue weighted by molar-refractivity contribution is -0.121. The van der Waals surface area contributed by atoms with Gasteiger partial charge in [-0.05, 0) is 25.7 Å². The second-order valence-corrected chi connectivity index (χ2v) is 5.23. The highest BCUT2D eigenvalue weighted by molar-refractivity contribution is 5.76. The van der Waals surface area contributed by atoms with Gasteiger partial charge in [-0.3, -0.25) is 4.79 Å². The molecule has 2 N–H and O–H groups in total. The number of amides is 1. The van der Waals surface area contributed by atoms with Gasteiger partial charge in [0.2, 0.25) is 5.91 Å². The summed E-state index contributed by atoms with van der Waals surface area (Å²) in [7, 11) is 1.64. The SMILES string of the molecule is COCCNC(=O)CCNC(C)C1CCCCC1. The van der Waals surface area contributed by atoms with E-state index >= 15 is 0 Å². The van der Waals surface area contributed by atoms with E-state index < -0.39 is 0 Å². The standard InChI is InChI=1S/C14H28N2O2/c1-12(13-6-4-3-5-7-13)15-9-8-14(17)16-10-11-18-2/h12-13,15H,3-11H2,1-2H3,(H,16,17). The van der Waals surface area contributed by atoms with Crippen molar-refractivity contribution in [2.24, 2.45) is 5.92 Å². The summed E-state index contributed by atoms with van der Waals surface area (Å²) in [5.41, 5.74) is 0. The monoisotopic (exact) mass is 256 g/mol. The summed E-state index contributed by atoms with van der Waals surface area (Å²) >= 11 is 0. The molecular weight excluding hydrogens is 228 g/mol. The van der Waals surface area contributed by atoms with Crippen LogP contribution in [0.2, 0.25) is 0 Å². The average molecular weight is 256 g/mol. The summed E-state index contributed by atoms with van der Waals surface area (Å²) in [6, 6.07) is 0.539. The molecule has 0 aromatic rings. The smallest absolute Gasteiger partial charge is 0.221 e. The number of nitrogens with one attached hydrogen (secondary N) is 2. The molecule has 18 heavy (non-hydrogen) atoms. The Labute approximate surface area is 111 Å². The highest BCUT2D eigenvalue weighted by atomic mass is 16.5. The first kappa shape index (κ1) is 15.4. The molecule has 1 aliphatic rings. The van der Waals surface area contributed by atoms with Gasteiger partial charge in [0.05, 0.1) is 6.61 Å². The number of rotatable bonds is 8. The third kappa shape index (κ3) is 6.36. The molecular formula is C14H28N2O2. The van der Waals surface area contributed by atoms with Crippen molar-refractivity contribution in [1.82, 2.24) is 10.6 Å². The van der Waals surface area contributed by atoms with Gasteiger partial charge >= 0.3 is 0 Å². The first-order valence-corrected chi connectivity index (χ1v) is 7.23. The summed E-state index contributed by atoms with van der Waals surface area (Å²) in [5.74, 6) is 0.908. The predicted octanol–water partition coefficient (Wildman–Crippen LogP) is 1.70. The lowest BCUT2D eigenvalue weighted by Crippen LogP contribution is -2.37. The quantitative estimate of drug-likeness (QED) is 0.650. The average Bonchev–Trinajstić information content (AvgIpc) is 2.40. The Kier molecular flexibility index (Phi) is 8.01. The second kappa shape index (κ2) is 9.34. The number of carbonyl (C=O) groups is 1. The van der Waals surface area contributed by atoms with Crippen LogP contribution in [0.3, 0.4) is 0 Å². The Bertz CT molecular complexity index is 228. The first-order chi connectivity index (χ1) is 8.74. The molecule has 1 unspecified atom stereocenters. The second-order valence-electron chi connectivity index (χ2n) is 5.23. The summed E-state index contributed by atoms with van der Waals surface area (Å²) in [6.07, 6.45) is 7.37. The van der Waals surface area contributed by atoms with Crippen LogP contribution < -0.4 is 10.6 Å². The maximum Gasteiger partial charge on any atom is 0.221 e. The Morgan fingerprint density at radius 3 is 2.67 bits per heavy atom. The highest BCUT2D eigenvalue weighted by Crippen LogP contribution is 2.26. The molecule has 1 atom stereocenters. The fraction of sp³-hybridized carbons (Fsp3) is 0.929. The minimum Gasteiger partial charge on any atom is -0.383 e. The number of hydrogen-bond donors (Lipinski definition) is 2. The van der Waals surface area contributed by atoms with Crippen LogP contribution in [0.25, 0.3) is 0 Å². The Morgan fingerprint density at radius 2 is 2.00 bits per heavy atom. The van der Waals surface area contributed by atoms with Gasteiger partial charge in [-0.1, -0.05) is 19.3 Å². The number of methoxy groups -OCH3 is 1. The Hall–Kier alpha value is -0.610. The van der Waals surface area contributed by atoms with E-state index in [1.54, 1.807) is 7.11 Å². The van der Waals surface area contributed by atoms with Crippen LogP contribution >= 0.6 is 0 Å². The van der Waals surface area contributed by atoms with Gasteiger partial charge in [0.25, 0.3) is 0 Å². The van der Waals surface area contributed by atoms with Gasteiger partial charge in [-0.25, -0.2) is 0 Å². The van der Waals surface area contributed by atoms with E-state index in [1.807, 2.05) is 0 Å². The zero-order valence-electron chi connectivity index (χ0n) is 11.8. The van der Waals surface area contributed by atoms with E-state index in [2.05, 4.69) is 17.6 Å². The minimum absolute atomic E-state index is 0.107. The van der Waals surface area contributed by atoms with Crippen molar-refractivity contribution in [3.8, 4) is 0 Å². The van der Waals surface area contributed by atoms with E-state index in [9.17, 15) is 4.79 Å². The van der Waals surface area contributed by atoms with E-state index in [4.69, 9.17) is 4.74 Å². The van der Waals surface area contributed by atoms with Crippen LogP contribution in [0.5, 0.6) is 0 Å². The van der Waals surface area contributed by atoms with Crippen molar-refractivity contribution in [1.29, 1.82) is 0 Å². The first-order valence-electron chi connectivity index (χ1n) is 7.23. The maximum atomic E-state index is 11.5. The molecule has 1 fully saturated rings. The minimum atomic E-state index is 0.107. The van der Waals surface area contributed by atoms with Crippen molar-refractivity contribution in [2.45, 2.75) is 51.5 Å². The van der Waals surface area contributed by atoms with Gasteiger partial charge in [0, 0.05) is 32.7 Å². The lowest BCUT2D eigenvalue weighted by atomic mass is 9.84. The molecule has 0 spiro atoms. The molecule has 0 saturated heterocycles. The fourth-order valence-electron chi connectivity index (χ4n) is 2.60. The topological polar surface area (TPSA) is 50.4 Å². The maximum absolute atomic E-state index is 11.5. The summed E-state index contributed by atoms with van der Waals surface area (Å²) < 4.78 is 4.88. The van der Waals surface area contributed by atoms with Gasteiger partial charge in [0.15, 0.2) is 0 Å². The van der Waals surface area contributed by atoms with E-state index in [-0.39, 0.29) is 5.91 Å². The Balaban J connectivity index is 2.03. The number of hydrogen-bond acceptors (Lipinski definition) is 3. The van der Waals surface area contributed by atoms with Crippen LogP contribution in [0.1, 0.15) is 45.4 Å². The number of ether oxygens (including phenoxy) is 1. The molecule has 4 nitrogen and oxygen atoms in total. The number of carbonyl (C=O) groups excluding carboxylic acids is 1. The van der Waals surface area contributed by atoms with Crippen LogP contribution in [-0.4, -0.2) is 38.8 Å². The van der Waals surface area contributed by atoms with Crippen molar-refractivity contribution in [3.05, 3.63) is 0 Å². The summed E-state index contributed by atoms with van der Waals surface area (Å²) in [4.78, 5) is 11.5. The molecule has 1 saturated carbocycles. The highest BCUT2D eigenvalue weighted by Gasteiger charge is 2.19. The fourth-order valence-corrected chi connectivity index (χ4v) is 2.60. The molecule has 1 amide bonds. The molecule has 0 aliphatic heterocycles. The predicted molar refractivity (Wildman–Crippen MR) is 73.5 cm³/mol. The molecule has 0 radical (unpaired) electrons. The molecule has 4 heteroatoms. The Morgan fingerprint density at radius 1 is 1.28 bits per heavy atom. The van der Waals surface area contributed by atoms with Crippen molar-refractivity contribution in [2.75, 3.05) is 26.8 Å². The van der Waals surface area contributed by atoms with Gasteiger partial charge in [-0.15, -0.1) is 0 Å². The van der Waals surface area contributed by atoms with Gasteiger partial charge in [-0.2, -0.15) is 0 Å². The molecule has 0 aromatic heterocycles. The van der Waals surface area contributed by atoms with Crippen LogP contribution in [-0.2, 0) is 9.53 Å². The largest absolute Gasteiger partial charge is 0.383 e. The van der Waals surface area contributed by atoms with Gasteiger partial charge < -0.3 is 15.4 Å². The molecule has 0 bridgehead atoms. The van der Waals surface area contributed by atoms with Crippen LogP contribution in [0.4, 0.5) is 0 Å². The van der Waals surface area contributed by atoms with Crippen LogP contribution in [0.15, 0.2) is 0 Å². The van der Waals surface area contributed by atoms with Crippen LogP contribution in [0, 0.1) is 5.92 Å². The van der Waals surface area contributed by atoms with E-state index in [0.717, 1.165) is 12.5 Å². The molecule has 106 valence electrons. The van der Waals surface area contributed by atoms with Crippen molar-refractivity contribution >= 4 is 5.91 Å². The van der Waals surface area contributed by atoms with Crippen molar-refractivity contribution < 1.29 is 9.53 Å². The third-order valence-corrected chi connectivity index (χ3v) is 3.80.